The first-order valence-corrected chi connectivity index (χ1v) is 11.5. The van der Waals surface area contributed by atoms with Gasteiger partial charge in [-0.05, 0) is 35.9 Å². The summed E-state index contributed by atoms with van der Waals surface area (Å²) in [5, 5.41) is 2.78. The van der Waals surface area contributed by atoms with Crippen molar-refractivity contribution in [2.75, 3.05) is 39.1 Å². The van der Waals surface area contributed by atoms with E-state index in [-0.39, 0.29) is 23.0 Å². The third-order valence-electron chi connectivity index (χ3n) is 5.09. The number of alkyl halides is 3. The zero-order valence-electron chi connectivity index (χ0n) is 16.9. The van der Waals surface area contributed by atoms with E-state index in [0.717, 1.165) is 18.4 Å². The van der Waals surface area contributed by atoms with Crippen LogP contribution in [0.1, 0.15) is 27.5 Å². The third-order valence-corrected chi connectivity index (χ3v) is 6.20. The van der Waals surface area contributed by atoms with Crippen molar-refractivity contribution in [2.24, 2.45) is 0 Å². The number of ether oxygens (including phenoxy) is 1. The molecule has 1 saturated heterocycles. The van der Waals surface area contributed by atoms with Gasteiger partial charge in [-0.15, -0.1) is 0 Å². The predicted molar refractivity (Wildman–Crippen MR) is 108 cm³/mol. The summed E-state index contributed by atoms with van der Waals surface area (Å²) in [6.07, 6.45) is -3.37. The van der Waals surface area contributed by atoms with E-state index >= 15 is 0 Å². The van der Waals surface area contributed by atoms with Crippen LogP contribution in [0.15, 0.2) is 53.4 Å². The molecule has 1 N–H and O–H groups in total. The Balaban J connectivity index is 1.78. The molecule has 2 aromatic rings. The number of carbonyl (C=O) groups excluding carboxylic acids is 1. The number of halogens is 3. The van der Waals surface area contributed by atoms with E-state index in [1.165, 1.54) is 36.4 Å². The van der Waals surface area contributed by atoms with Crippen LogP contribution in [0.3, 0.4) is 0 Å². The molecule has 1 aliphatic heterocycles. The predicted octanol–water partition coefficient (Wildman–Crippen LogP) is 2.91. The molecule has 1 fully saturated rings. The van der Waals surface area contributed by atoms with Gasteiger partial charge in [0.1, 0.15) is 0 Å². The number of nitrogens with zero attached hydrogens (tertiary/aromatic N) is 1. The average molecular weight is 456 g/mol. The normalized spacial score (nSPS) is 16.6. The Morgan fingerprint density at radius 3 is 2.35 bits per heavy atom. The standard InChI is InChI=1S/C21H23F3N2O4S/c1-31(28,29)18-4-2-3-16(13-18)20(27)25-14-19(26-9-11-30-12-10-26)15-5-7-17(8-6-15)21(22,23)24/h2-8,13,19H,9-12,14H2,1H3,(H,25,27). The SMILES string of the molecule is CS(=O)(=O)c1cccc(C(=O)NCC(c2ccc(C(F)(F)F)cc2)N2CCOCC2)c1. The summed E-state index contributed by atoms with van der Waals surface area (Å²) in [6.45, 7) is 2.27. The van der Waals surface area contributed by atoms with Gasteiger partial charge in [-0.1, -0.05) is 18.2 Å². The molecule has 1 heterocycles. The first kappa shape index (κ1) is 23.2. The molecular formula is C21H23F3N2O4S. The van der Waals surface area contributed by atoms with Crippen LogP contribution >= 0.6 is 0 Å². The monoisotopic (exact) mass is 456 g/mol. The largest absolute Gasteiger partial charge is 0.416 e. The smallest absolute Gasteiger partial charge is 0.379 e. The van der Waals surface area contributed by atoms with Gasteiger partial charge in [0.25, 0.3) is 5.91 Å². The van der Waals surface area contributed by atoms with E-state index in [1.807, 2.05) is 4.90 Å². The number of nitrogens with one attached hydrogen (secondary N) is 1. The summed E-state index contributed by atoms with van der Waals surface area (Å²) in [6, 6.07) is 10.2. The zero-order valence-corrected chi connectivity index (χ0v) is 17.7. The molecule has 1 unspecified atom stereocenters. The fourth-order valence-electron chi connectivity index (χ4n) is 3.40. The van der Waals surface area contributed by atoms with Crippen LogP contribution in [0.2, 0.25) is 0 Å². The van der Waals surface area contributed by atoms with Crippen LogP contribution in [0.4, 0.5) is 13.2 Å². The summed E-state index contributed by atoms with van der Waals surface area (Å²) in [7, 11) is -3.46. The second-order valence-corrected chi connectivity index (χ2v) is 9.31. The van der Waals surface area contributed by atoms with Crippen LogP contribution in [-0.4, -0.2) is 58.3 Å². The topological polar surface area (TPSA) is 75.7 Å². The minimum atomic E-state index is -4.42. The molecule has 168 valence electrons. The Hall–Kier alpha value is -2.43. The van der Waals surface area contributed by atoms with E-state index < -0.39 is 27.5 Å². The summed E-state index contributed by atoms with van der Waals surface area (Å²) >= 11 is 0. The maximum Gasteiger partial charge on any atom is 0.416 e. The molecule has 1 amide bonds. The summed E-state index contributed by atoms with van der Waals surface area (Å²) < 4.78 is 67.5. The molecule has 0 spiro atoms. The number of rotatable bonds is 6. The molecule has 6 nitrogen and oxygen atoms in total. The molecular weight excluding hydrogens is 433 g/mol. The van der Waals surface area contributed by atoms with Crippen molar-refractivity contribution >= 4 is 15.7 Å². The van der Waals surface area contributed by atoms with Gasteiger partial charge in [-0.25, -0.2) is 8.42 Å². The van der Waals surface area contributed by atoms with Gasteiger partial charge in [-0.2, -0.15) is 13.2 Å². The molecule has 1 atom stereocenters. The number of carbonyl (C=O) groups is 1. The van der Waals surface area contributed by atoms with Gasteiger partial charge in [-0.3, -0.25) is 9.69 Å². The highest BCUT2D eigenvalue weighted by molar-refractivity contribution is 7.90. The van der Waals surface area contributed by atoms with Crippen molar-refractivity contribution in [1.29, 1.82) is 0 Å². The quantitative estimate of drug-likeness (QED) is 0.724. The molecule has 0 bridgehead atoms. The molecule has 0 saturated carbocycles. The van der Waals surface area contributed by atoms with Gasteiger partial charge >= 0.3 is 6.18 Å². The van der Waals surface area contributed by atoms with Crippen molar-refractivity contribution in [2.45, 2.75) is 17.1 Å². The van der Waals surface area contributed by atoms with Crippen molar-refractivity contribution in [3.8, 4) is 0 Å². The van der Waals surface area contributed by atoms with E-state index in [4.69, 9.17) is 4.74 Å². The van der Waals surface area contributed by atoms with Gasteiger partial charge in [0.05, 0.1) is 29.7 Å². The first-order chi connectivity index (χ1) is 14.6. The minimum absolute atomic E-state index is 0.0348. The molecule has 2 aromatic carbocycles. The maximum absolute atomic E-state index is 12.9. The second-order valence-electron chi connectivity index (χ2n) is 7.29. The molecule has 10 heteroatoms. The third kappa shape index (κ3) is 6.05. The van der Waals surface area contributed by atoms with Gasteiger partial charge in [0.2, 0.25) is 0 Å². The van der Waals surface area contributed by atoms with Gasteiger partial charge in [0, 0.05) is 31.5 Å². The Labute approximate surface area is 178 Å². The van der Waals surface area contributed by atoms with Crippen molar-refractivity contribution in [3.63, 3.8) is 0 Å². The van der Waals surface area contributed by atoms with Gasteiger partial charge < -0.3 is 10.1 Å². The number of morpholine rings is 1. The fraction of sp³-hybridized carbons (Fsp3) is 0.381. The number of hydrogen-bond acceptors (Lipinski definition) is 5. The van der Waals surface area contributed by atoms with Crippen LogP contribution in [0, 0.1) is 0 Å². The van der Waals surface area contributed by atoms with E-state index in [0.29, 0.717) is 31.9 Å². The molecule has 31 heavy (non-hydrogen) atoms. The zero-order chi connectivity index (χ0) is 22.6. The van der Waals surface area contributed by atoms with Crippen molar-refractivity contribution in [3.05, 3.63) is 65.2 Å². The first-order valence-electron chi connectivity index (χ1n) is 9.63. The summed E-state index contributed by atoms with van der Waals surface area (Å²) in [5.41, 5.74) is 0.0924. The second kappa shape index (κ2) is 9.37. The van der Waals surface area contributed by atoms with Crippen molar-refractivity contribution < 1.29 is 31.1 Å². The highest BCUT2D eigenvalue weighted by Crippen LogP contribution is 2.31. The lowest BCUT2D eigenvalue weighted by molar-refractivity contribution is -0.137. The molecule has 0 aliphatic carbocycles. The fourth-order valence-corrected chi connectivity index (χ4v) is 4.07. The number of amides is 1. The number of hydrogen-bond donors (Lipinski definition) is 1. The highest BCUT2D eigenvalue weighted by atomic mass is 32.2. The molecule has 0 radical (unpaired) electrons. The van der Waals surface area contributed by atoms with E-state index in [9.17, 15) is 26.4 Å². The lowest BCUT2D eigenvalue weighted by atomic mass is 10.0. The molecule has 3 rings (SSSR count). The Morgan fingerprint density at radius 2 is 1.77 bits per heavy atom. The summed E-state index contributed by atoms with van der Waals surface area (Å²) in [5.74, 6) is -0.462. The minimum Gasteiger partial charge on any atom is -0.379 e. The van der Waals surface area contributed by atoms with Crippen LogP contribution in [0.25, 0.3) is 0 Å². The number of sulfone groups is 1. The van der Waals surface area contributed by atoms with Gasteiger partial charge in [0.15, 0.2) is 9.84 Å². The van der Waals surface area contributed by atoms with E-state index in [2.05, 4.69) is 5.32 Å². The number of benzene rings is 2. The van der Waals surface area contributed by atoms with Crippen LogP contribution < -0.4 is 5.32 Å². The Kier molecular flexibility index (Phi) is 7.03. The van der Waals surface area contributed by atoms with Crippen LogP contribution in [-0.2, 0) is 20.8 Å². The summed E-state index contributed by atoms with van der Waals surface area (Å²) in [4.78, 5) is 14.7. The Morgan fingerprint density at radius 1 is 1.13 bits per heavy atom. The average Bonchev–Trinajstić information content (AvgIpc) is 2.74. The van der Waals surface area contributed by atoms with Crippen molar-refractivity contribution in [1.82, 2.24) is 10.2 Å². The lowest BCUT2D eigenvalue weighted by Gasteiger charge is -2.35. The Bertz CT molecular complexity index is 1020. The van der Waals surface area contributed by atoms with Crippen LogP contribution in [0.5, 0.6) is 0 Å². The highest BCUT2D eigenvalue weighted by Gasteiger charge is 2.31. The maximum atomic E-state index is 12.9. The molecule has 0 aromatic heterocycles. The van der Waals surface area contributed by atoms with E-state index in [1.54, 1.807) is 0 Å². The molecule has 1 aliphatic rings. The lowest BCUT2D eigenvalue weighted by Crippen LogP contribution is -2.43.